The van der Waals surface area contributed by atoms with Crippen LogP contribution in [0.25, 0.3) is 0 Å². The topological polar surface area (TPSA) is 81.6 Å². The zero-order valence-corrected chi connectivity index (χ0v) is 19.9. The van der Waals surface area contributed by atoms with Crippen molar-refractivity contribution in [3.8, 4) is 0 Å². The Kier molecular flexibility index (Phi) is 10.0. The summed E-state index contributed by atoms with van der Waals surface area (Å²) in [6, 6.07) is 15.0. The van der Waals surface area contributed by atoms with Crippen molar-refractivity contribution in [3.63, 3.8) is 0 Å². The number of carbonyl (C=O) groups is 1. The lowest BCUT2D eigenvalue weighted by atomic mass is 9.97. The summed E-state index contributed by atoms with van der Waals surface area (Å²) in [6.07, 6.45) is 5.37. The molecule has 1 aromatic carbocycles. The maximum atomic E-state index is 12.1. The number of piperidine rings is 1. The zero-order chi connectivity index (χ0) is 20.5. The van der Waals surface area contributed by atoms with Crippen LogP contribution in [0.1, 0.15) is 25.3 Å². The van der Waals surface area contributed by atoms with Crippen molar-refractivity contribution in [1.29, 1.82) is 0 Å². The molecule has 3 N–H and O–H groups in total. The van der Waals surface area contributed by atoms with E-state index in [-0.39, 0.29) is 36.4 Å². The second-order valence-electron chi connectivity index (χ2n) is 7.39. The highest BCUT2D eigenvalue weighted by Crippen LogP contribution is 2.19. The molecule has 0 aliphatic carbocycles. The van der Waals surface area contributed by atoms with Crippen LogP contribution in [0, 0.1) is 0 Å². The number of nitrogens with zero attached hydrogens (tertiary/aromatic N) is 3. The predicted molar refractivity (Wildman–Crippen MR) is 132 cm³/mol. The van der Waals surface area contributed by atoms with E-state index in [0.29, 0.717) is 23.7 Å². The van der Waals surface area contributed by atoms with Crippen LogP contribution in [-0.2, 0) is 11.3 Å². The molecule has 1 aromatic heterocycles. The maximum Gasteiger partial charge on any atom is 0.243 e. The predicted octanol–water partition coefficient (Wildman–Crippen LogP) is 2.86. The number of benzene rings is 1. The second-order valence-corrected chi connectivity index (χ2v) is 7.39. The molecule has 3 rings (SSSR count). The van der Waals surface area contributed by atoms with Crippen molar-refractivity contribution >= 4 is 41.5 Å². The molecule has 30 heavy (non-hydrogen) atoms. The first kappa shape index (κ1) is 24.1. The van der Waals surface area contributed by atoms with Gasteiger partial charge in [0.2, 0.25) is 5.91 Å². The fourth-order valence-electron chi connectivity index (χ4n) is 3.60. The fourth-order valence-corrected chi connectivity index (χ4v) is 3.60. The molecule has 162 valence electrons. The summed E-state index contributed by atoms with van der Waals surface area (Å²) in [7, 11) is 1.72. The summed E-state index contributed by atoms with van der Waals surface area (Å²) in [5.74, 6) is 0.520. The number of aromatic nitrogens is 1. The van der Waals surface area contributed by atoms with Gasteiger partial charge in [-0.15, -0.1) is 24.0 Å². The van der Waals surface area contributed by atoms with Gasteiger partial charge in [0, 0.05) is 38.4 Å². The molecular weight excluding hydrogens is 491 g/mol. The normalized spacial score (nSPS) is 19.5. The number of pyridine rings is 1. The summed E-state index contributed by atoms with van der Waals surface area (Å²) in [6.45, 7) is 4.44. The van der Waals surface area contributed by atoms with E-state index in [1.54, 1.807) is 25.5 Å². The molecular formula is C22H31IN6O. The average Bonchev–Trinajstić information content (AvgIpc) is 2.74. The first-order chi connectivity index (χ1) is 14.1. The van der Waals surface area contributed by atoms with Gasteiger partial charge in [-0.2, -0.15) is 0 Å². The SMILES string of the molecule is CN=C(NCC(=O)Nc1cccnc1)NC1CCN(Cc2ccccc2)C(C)C1.I. The van der Waals surface area contributed by atoms with E-state index in [9.17, 15) is 4.79 Å². The van der Waals surface area contributed by atoms with Gasteiger partial charge in [0.1, 0.15) is 0 Å². The summed E-state index contributed by atoms with van der Waals surface area (Å²) in [5.41, 5.74) is 2.03. The van der Waals surface area contributed by atoms with E-state index in [1.165, 1.54) is 5.56 Å². The van der Waals surface area contributed by atoms with Crippen LogP contribution >= 0.6 is 24.0 Å². The number of nitrogens with one attached hydrogen (secondary N) is 3. The van der Waals surface area contributed by atoms with E-state index < -0.39 is 0 Å². The number of likely N-dealkylation sites (tertiary alicyclic amines) is 1. The molecule has 2 heterocycles. The Hall–Kier alpha value is -2.20. The van der Waals surface area contributed by atoms with Gasteiger partial charge in [-0.3, -0.25) is 19.7 Å². The minimum absolute atomic E-state index is 0. The fraction of sp³-hybridized carbons (Fsp3) is 0.409. The van der Waals surface area contributed by atoms with Gasteiger partial charge in [-0.05, 0) is 37.5 Å². The number of anilines is 1. The minimum Gasteiger partial charge on any atom is -0.354 e. The largest absolute Gasteiger partial charge is 0.354 e. The van der Waals surface area contributed by atoms with E-state index in [4.69, 9.17) is 0 Å². The molecule has 0 spiro atoms. The highest BCUT2D eigenvalue weighted by Gasteiger charge is 2.26. The Labute approximate surface area is 195 Å². The number of guanidine groups is 1. The molecule has 1 amide bonds. The summed E-state index contributed by atoms with van der Waals surface area (Å²) < 4.78 is 0. The van der Waals surface area contributed by atoms with Crippen LogP contribution in [0.4, 0.5) is 5.69 Å². The number of amides is 1. The first-order valence-corrected chi connectivity index (χ1v) is 10.1. The van der Waals surface area contributed by atoms with Gasteiger partial charge in [-0.25, -0.2) is 0 Å². The molecule has 1 aliphatic heterocycles. The van der Waals surface area contributed by atoms with Crippen molar-refractivity contribution in [2.24, 2.45) is 4.99 Å². The summed E-state index contributed by atoms with van der Waals surface area (Å²) in [4.78, 5) is 22.9. The average molecular weight is 522 g/mol. The van der Waals surface area contributed by atoms with Crippen molar-refractivity contribution < 1.29 is 4.79 Å². The molecule has 2 atom stereocenters. The Balaban J connectivity index is 0.00000320. The van der Waals surface area contributed by atoms with E-state index in [2.05, 4.69) is 68.1 Å². The number of hydrogen-bond acceptors (Lipinski definition) is 4. The third-order valence-corrected chi connectivity index (χ3v) is 5.17. The highest BCUT2D eigenvalue weighted by molar-refractivity contribution is 14.0. The van der Waals surface area contributed by atoms with Gasteiger partial charge in [0.15, 0.2) is 5.96 Å². The van der Waals surface area contributed by atoms with E-state index in [0.717, 1.165) is 25.9 Å². The number of halogens is 1. The lowest BCUT2D eigenvalue weighted by Gasteiger charge is -2.38. The molecule has 1 aliphatic rings. The van der Waals surface area contributed by atoms with Gasteiger partial charge in [-0.1, -0.05) is 30.3 Å². The second kappa shape index (κ2) is 12.5. The van der Waals surface area contributed by atoms with Gasteiger partial charge < -0.3 is 16.0 Å². The summed E-state index contributed by atoms with van der Waals surface area (Å²) >= 11 is 0. The van der Waals surface area contributed by atoms with Crippen molar-refractivity contribution in [3.05, 3.63) is 60.4 Å². The maximum absolute atomic E-state index is 12.1. The van der Waals surface area contributed by atoms with Gasteiger partial charge >= 0.3 is 0 Å². The molecule has 7 nitrogen and oxygen atoms in total. The molecule has 0 saturated carbocycles. The van der Waals surface area contributed by atoms with Crippen molar-refractivity contribution in [2.45, 2.75) is 38.4 Å². The Morgan fingerprint density at radius 1 is 1.23 bits per heavy atom. The van der Waals surface area contributed by atoms with Crippen LogP contribution < -0.4 is 16.0 Å². The molecule has 0 radical (unpaired) electrons. The van der Waals surface area contributed by atoms with E-state index in [1.807, 2.05) is 6.07 Å². The number of aliphatic imine (C=N–C) groups is 1. The van der Waals surface area contributed by atoms with Crippen molar-refractivity contribution in [1.82, 2.24) is 20.5 Å². The molecule has 1 fully saturated rings. The van der Waals surface area contributed by atoms with Crippen LogP contribution in [0.15, 0.2) is 59.9 Å². The van der Waals surface area contributed by atoms with Crippen LogP contribution in [0.3, 0.4) is 0 Å². The Bertz CT molecular complexity index is 802. The number of carbonyl (C=O) groups excluding carboxylic acids is 1. The third kappa shape index (κ3) is 7.56. The first-order valence-electron chi connectivity index (χ1n) is 10.1. The molecule has 2 aromatic rings. The smallest absolute Gasteiger partial charge is 0.243 e. The molecule has 2 unspecified atom stereocenters. The van der Waals surface area contributed by atoms with Crippen LogP contribution in [0.5, 0.6) is 0 Å². The zero-order valence-electron chi connectivity index (χ0n) is 17.5. The number of rotatable bonds is 6. The van der Waals surface area contributed by atoms with E-state index >= 15 is 0 Å². The summed E-state index contributed by atoms with van der Waals surface area (Å²) in [5, 5.41) is 9.36. The Morgan fingerprint density at radius 2 is 2.03 bits per heavy atom. The van der Waals surface area contributed by atoms with Gasteiger partial charge in [0.05, 0.1) is 18.4 Å². The lowest BCUT2D eigenvalue weighted by Crippen LogP contribution is -2.52. The monoisotopic (exact) mass is 522 g/mol. The van der Waals surface area contributed by atoms with Crippen molar-refractivity contribution in [2.75, 3.05) is 25.5 Å². The Morgan fingerprint density at radius 3 is 2.70 bits per heavy atom. The lowest BCUT2D eigenvalue weighted by molar-refractivity contribution is -0.115. The van der Waals surface area contributed by atoms with Crippen LogP contribution in [0.2, 0.25) is 0 Å². The molecule has 1 saturated heterocycles. The quantitative estimate of drug-likeness (QED) is 0.309. The third-order valence-electron chi connectivity index (χ3n) is 5.17. The van der Waals surface area contributed by atoms with Crippen LogP contribution in [-0.4, -0.2) is 54.0 Å². The van der Waals surface area contributed by atoms with Gasteiger partial charge in [0.25, 0.3) is 0 Å². The standard InChI is InChI=1S/C22H30N6O.HI/c1-17-13-19(10-12-28(17)16-18-7-4-3-5-8-18)27-22(23-2)25-15-21(29)26-20-9-6-11-24-14-20;/h3-9,11,14,17,19H,10,12-13,15-16H2,1-2H3,(H,26,29)(H2,23,25,27);1H. The molecule has 0 bridgehead atoms. The minimum atomic E-state index is -0.132. The number of hydrogen-bond donors (Lipinski definition) is 3. The molecule has 8 heteroatoms. The highest BCUT2D eigenvalue weighted by atomic mass is 127.